The van der Waals surface area contributed by atoms with Crippen LogP contribution in [0.15, 0.2) is 0 Å². The number of nitrogens with one attached hydrogen (secondary N) is 2. The van der Waals surface area contributed by atoms with Gasteiger partial charge in [0.15, 0.2) is 0 Å². The van der Waals surface area contributed by atoms with Gasteiger partial charge in [0, 0.05) is 19.1 Å². The maximum atomic E-state index is 11.6. The monoisotopic (exact) mass is 257 g/mol. The highest BCUT2D eigenvalue weighted by Crippen LogP contribution is 2.25. The predicted molar refractivity (Wildman–Crippen MR) is 68.0 cm³/mol. The van der Waals surface area contributed by atoms with Crippen molar-refractivity contribution in [3.05, 3.63) is 0 Å². The van der Waals surface area contributed by atoms with Crippen molar-refractivity contribution in [2.24, 2.45) is 11.7 Å². The van der Waals surface area contributed by atoms with Crippen molar-refractivity contribution in [1.29, 1.82) is 0 Å². The third-order valence-corrected chi connectivity index (χ3v) is 3.15. The van der Waals surface area contributed by atoms with E-state index in [9.17, 15) is 9.59 Å². The van der Waals surface area contributed by atoms with Crippen LogP contribution in [0.25, 0.3) is 0 Å². The molecule has 4 N–H and O–H groups in total. The van der Waals surface area contributed by atoms with Gasteiger partial charge >= 0.3 is 12.0 Å². The fraction of sp³-hybridized carbons (Fsp3) is 0.833. The maximum Gasteiger partial charge on any atom is 0.312 e. The van der Waals surface area contributed by atoms with Crippen LogP contribution in [0.1, 0.15) is 32.6 Å². The van der Waals surface area contributed by atoms with Crippen LogP contribution >= 0.6 is 0 Å². The molecular weight excluding hydrogens is 234 g/mol. The normalized spacial score (nSPS) is 23.4. The average molecular weight is 257 g/mol. The van der Waals surface area contributed by atoms with Crippen LogP contribution in [0, 0.1) is 5.92 Å². The van der Waals surface area contributed by atoms with Gasteiger partial charge in [-0.15, -0.1) is 0 Å². The Morgan fingerprint density at radius 3 is 2.78 bits per heavy atom. The van der Waals surface area contributed by atoms with E-state index >= 15 is 0 Å². The Morgan fingerprint density at radius 1 is 1.33 bits per heavy atom. The Bertz CT molecular complexity index is 284. The van der Waals surface area contributed by atoms with Crippen LogP contribution in [0.2, 0.25) is 0 Å². The second kappa shape index (κ2) is 7.92. The molecule has 1 saturated carbocycles. The van der Waals surface area contributed by atoms with E-state index in [0.29, 0.717) is 25.7 Å². The van der Waals surface area contributed by atoms with Crippen molar-refractivity contribution in [1.82, 2.24) is 10.6 Å². The first-order chi connectivity index (χ1) is 8.63. The molecule has 0 aliphatic heterocycles. The number of carbonyl (C=O) groups excluding carboxylic acids is 2. The predicted octanol–water partition coefficient (Wildman–Crippen LogP) is 0.366. The molecule has 0 aromatic rings. The summed E-state index contributed by atoms with van der Waals surface area (Å²) in [6, 6.07) is -0.187. The smallest absolute Gasteiger partial charge is 0.312 e. The quantitative estimate of drug-likeness (QED) is 0.473. The van der Waals surface area contributed by atoms with Crippen molar-refractivity contribution < 1.29 is 14.3 Å². The number of urea groups is 1. The molecule has 2 atom stereocenters. The lowest BCUT2D eigenvalue weighted by molar-refractivity contribution is -0.149. The standard InChI is InChI=1S/C12H23N3O3/c1-2-18-11(16)9-4-3-5-10(8-9)14-6-7-15-12(13)17/h9-10,14H,2-8H2,1H3,(H3,13,15,17). The average Bonchev–Trinajstić information content (AvgIpc) is 2.35. The minimum Gasteiger partial charge on any atom is -0.466 e. The summed E-state index contributed by atoms with van der Waals surface area (Å²) in [6.07, 6.45) is 3.82. The first-order valence-corrected chi connectivity index (χ1v) is 6.56. The SMILES string of the molecule is CCOC(=O)C1CCCC(NCCNC(N)=O)C1. The maximum absolute atomic E-state index is 11.6. The van der Waals surface area contributed by atoms with E-state index in [1.165, 1.54) is 0 Å². The van der Waals surface area contributed by atoms with Crippen LogP contribution in [0.4, 0.5) is 4.79 Å². The molecular formula is C12H23N3O3. The number of hydrogen-bond acceptors (Lipinski definition) is 4. The molecule has 1 fully saturated rings. The Labute approximate surface area is 108 Å². The topological polar surface area (TPSA) is 93.4 Å². The molecule has 0 aromatic heterocycles. The van der Waals surface area contributed by atoms with Crippen molar-refractivity contribution in [2.45, 2.75) is 38.6 Å². The van der Waals surface area contributed by atoms with Gasteiger partial charge in [-0.05, 0) is 26.2 Å². The largest absolute Gasteiger partial charge is 0.466 e. The van der Waals surface area contributed by atoms with Crippen LogP contribution in [-0.2, 0) is 9.53 Å². The number of amides is 2. The van der Waals surface area contributed by atoms with Crippen LogP contribution in [0.5, 0.6) is 0 Å². The fourth-order valence-corrected chi connectivity index (χ4v) is 2.31. The van der Waals surface area contributed by atoms with Crippen molar-refractivity contribution >= 4 is 12.0 Å². The van der Waals surface area contributed by atoms with Crippen molar-refractivity contribution in [3.63, 3.8) is 0 Å². The molecule has 0 bridgehead atoms. The number of esters is 1. The van der Waals surface area contributed by atoms with Gasteiger partial charge in [-0.25, -0.2) is 4.79 Å². The Morgan fingerprint density at radius 2 is 2.11 bits per heavy atom. The highest BCUT2D eigenvalue weighted by molar-refractivity contribution is 5.72. The van der Waals surface area contributed by atoms with Crippen molar-refractivity contribution in [2.75, 3.05) is 19.7 Å². The molecule has 1 aliphatic rings. The number of hydrogen-bond donors (Lipinski definition) is 3. The van der Waals surface area contributed by atoms with E-state index in [1.807, 2.05) is 6.92 Å². The van der Waals surface area contributed by atoms with Gasteiger partial charge in [0.05, 0.1) is 12.5 Å². The lowest BCUT2D eigenvalue weighted by Crippen LogP contribution is -2.41. The summed E-state index contributed by atoms with van der Waals surface area (Å²) in [5.74, 6) is -0.0699. The molecule has 6 heteroatoms. The van der Waals surface area contributed by atoms with E-state index in [4.69, 9.17) is 10.5 Å². The van der Waals surface area contributed by atoms with Gasteiger partial charge in [-0.2, -0.15) is 0 Å². The molecule has 0 heterocycles. The first-order valence-electron chi connectivity index (χ1n) is 6.56. The van der Waals surface area contributed by atoms with E-state index in [-0.39, 0.29) is 11.9 Å². The summed E-state index contributed by atoms with van der Waals surface area (Å²) in [6.45, 7) is 3.45. The van der Waals surface area contributed by atoms with Gasteiger partial charge in [-0.1, -0.05) is 6.42 Å². The molecule has 0 aromatic carbocycles. The molecule has 2 unspecified atom stereocenters. The molecule has 2 amide bonds. The second-order valence-corrected chi connectivity index (χ2v) is 4.56. The summed E-state index contributed by atoms with van der Waals surface area (Å²) >= 11 is 0. The van der Waals surface area contributed by atoms with Gasteiger partial charge < -0.3 is 21.1 Å². The van der Waals surface area contributed by atoms with Crippen LogP contribution in [-0.4, -0.2) is 37.7 Å². The minimum absolute atomic E-state index is 0.0142. The zero-order chi connectivity index (χ0) is 13.4. The highest BCUT2D eigenvalue weighted by Gasteiger charge is 2.27. The summed E-state index contributed by atoms with van der Waals surface area (Å²) < 4.78 is 5.05. The fourth-order valence-electron chi connectivity index (χ4n) is 2.31. The number of carbonyl (C=O) groups is 2. The number of ether oxygens (including phenoxy) is 1. The third kappa shape index (κ3) is 5.35. The van der Waals surface area contributed by atoms with Crippen LogP contribution < -0.4 is 16.4 Å². The lowest BCUT2D eigenvalue weighted by atomic mass is 9.86. The molecule has 0 radical (unpaired) electrons. The highest BCUT2D eigenvalue weighted by atomic mass is 16.5. The Hall–Kier alpha value is -1.30. The van der Waals surface area contributed by atoms with Gasteiger partial charge in [0.1, 0.15) is 0 Å². The first kappa shape index (κ1) is 14.8. The summed E-state index contributed by atoms with van der Waals surface area (Å²) in [7, 11) is 0. The minimum atomic E-state index is -0.509. The van der Waals surface area contributed by atoms with Crippen LogP contribution in [0.3, 0.4) is 0 Å². The zero-order valence-corrected chi connectivity index (χ0v) is 10.9. The van der Waals surface area contributed by atoms with E-state index in [0.717, 1.165) is 25.7 Å². The second-order valence-electron chi connectivity index (χ2n) is 4.56. The summed E-state index contributed by atoms with van der Waals surface area (Å²) in [5.41, 5.74) is 4.97. The molecule has 1 aliphatic carbocycles. The van der Waals surface area contributed by atoms with Gasteiger partial charge in [0.2, 0.25) is 0 Å². The van der Waals surface area contributed by atoms with E-state index < -0.39 is 6.03 Å². The molecule has 0 spiro atoms. The van der Waals surface area contributed by atoms with E-state index in [1.54, 1.807) is 0 Å². The molecule has 18 heavy (non-hydrogen) atoms. The molecule has 0 saturated heterocycles. The number of rotatable bonds is 6. The number of primary amides is 1. The zero-order valence-electron chi connectivity index (χ0n) is 10.9. The van der Waals surface area contributed by atoms with Gasteiger partial charge in [0.25, 0.3) is 0 Å². The third-order valence-electron chi connectivity index (χ3n) is 3.15. The van der Waals surface area contributed by atoms with E-state index in [2.05, 4.69) is 10.6 Å². The van der Waals surface area contributed by atoms with Crippen molar-refractivity contribution in [3.8, 4) is 0 Å². The Kier molecular flexibility index (Phi) is 6.49. The van der Waals surface area contributed by atoms with Gasteiger partial charge in [-0.3, -0.25) is 4.79 Å². The molecule has 6 nitrogen and oxygen atoms in total. The molecule has 104 valence electrons. The number of nitrogens with two attached hydrogens (primary N) is 1. The molecule has 1 rings (SSSR count). The summed E-state index contributed by atoms with van der Waals surface area (Å²) in [5, 5.41) is 5.85. The lowest BCUT2D eigenvalue weighted by Gasteiger charge is -2.28. The Balaban J connectivity index is 2.22. The summed E-state index contributed by atoms with van der Waals surface area (Å²) in [4.78, 5) is 22.1.